The van der Waals surface area contributed by atoms with Gasteiger partial charge in [0.1, 0.15) is 5.65 Å². The lowest BCUT2D eigenvalue weighted by Crippen LogP contribution is -1.95. The summed E-state index contributed by atoms with van der Waals surface area (Å²) in [5, 5.41) is 10.9. The predicted octanol–water partition coefficient (Wildman–Crippen LogP) is 3.12. The zero-order chi connectivity index (χ0) is 13.2. The smallest absolute Gasteiger partial charge is 0.303 e. The number of H-pyrrole nitrogens is 1. The SMILES string of the molecule is O=C(O)CCCc1ccc2[nH]c3ncccc3c2c1. The lowest BCUT2D eigenvalue weighted by Gasteiger charge is -2.00. The second-order valence-corrected chi connectivity index (χ2v) is 4.65. The second-order valence-electron chi connectivity index (χ2n) is 4.65. The Morgan fingerprint density at radius 1 is 1.26 bits per heavy atom. The Morgan fingerprint density at radius 2 is 2.16 bits per heavy atom. The molecule has 0 fully saturated rings. The molecule has 2 aromatic heterocycles. The molecule has 0 spiro atoms. The van der Waals surface area contributed by atoms with Crippen LogP contribution in [0.3, 0.4) is 0 Å². The summed E-state index contributed by atoms with van der Waals surface area (Å²) in [5.74, 6) is -0.739. The molecule has 0 amide bonds. The van der Waals surface area contributed by atoms with Gasteiger partial charge in [-0.2, -0.15) is 0 Å². The van der Waals surface area contributed by atoms with Crippen LogP contribution in [-0.2, 0) is 11.2 Å². The molecule has 19 heavy (non-hydrogen) atoms. The number of carboxylic acid groups (broad SMARTS) is 1. The summed E-state index contributed by atoms with van der Waals surface area (Å²) in [7, 11) is 0. The number of rotatable bonds is 4. The number of nitrogens with one attached hydrogen (secondary N) is 1. The molecular formula is C15H14N2O2. The topological polar surface area (TPSA) is 66.0 Å². The maximum atomic E-state index is 10.5. The monoisotopic (exact) mass is 254 g/mol. The van der Waals surface area contributed by atoms with E-state index in [9.17, 15) is 4.79 Å². The fourth-order valence-electron chi connectivity index (χ4n) is 2.37. The number of aryl methyl sites for hydroxylation is 1. The second kappa shape index (κ2) is 4.72. The van der Waals surface area contributed by atoms with Crippen molar-refractivity contribution in [3.8, 4) is 0 Å². The average molecular weight is 254 g/mol. The Morgan fingerprint density at radius 3 is 3.00 bits per heavy atom. The number of aromatic amines is 1. The molecule has 0 atom stereocenters. The van der Waals surface area contributed by atoms with Gasteiger partial charge in [0.15, 0.2) is 0 Å². The average Bonchev–Trinajstić information content (AvgIpc) is 2.76. The Kier molecular flexibility index (Phi) is 2.91. The van der Waals surface area contributed by atoms with Crippen LogP contribution in [0.5, 0.6) is 0 Å². The number of benzene rings is 1. The third-order valence-electron chi connectivity index (χ3n) is 3.29. The Labute approximate surface area is 110 Å². The van der Waals surface area contributed by atoms with Crippen LogP contribution in [0.4, 0.5) is 0 Å². The summed E-state index contributed by atoms with van der Waals surface area (Å²) < 4.78 is 0. The number of aromatic nitrogens is 2. The quantitative estimate of drug-likeness (QED) is 0.751. The first kappa shape index (κ1) is 11.7. The van der Waals surface area contributed by atoms with Crippen molar-refractivity contribution in [3.05, 3.63) is 42.1 Å². The molecule has 0 aliphatic rings. The highest BCUT2D eigenvalue weighted by Crippen LogP contribution is 2.25. The number of aliphatic carboxylic acids is 1. The number of carboxylic acids is 1. The molecule has 2 heterocycles. The van der Waals surface area contributed by atoms with E-state index in [0.29, 0.717) is 6.42 Å². The Hall–Kier alpha value is -2.36. The van der Waals surface area contributed by atoms with Gasteiger partial charge < -0.3 is 10.1 Å². The molecule has 1 aromatic carbocycles. The number of fused-ring (bicyclic) bond motifs is 3. The van der Waals surface area contributed by atoms with E-state index in [-0.39, 0.29) is 6.42 Å². The molecule has 0 radical (unpaired) electrons. The molecule has 2 N–H and O–H groups in total. The summed E-state index contributed by atoms with van der Waals surface area (Å²) in [6.07, 6.45) is 3.44. The van der Waals surface area contributed by atoms with E-state index in [4.69, 9.17) is 5.11 Å². The zero-order valence-corrected chi connectivity index (χ0v) is 10.4. The van der Waals surface area contributed by atoms with Crippen molar-refractivity contribution in [1.29, 1.82) is 0 Å². The van der Waals surface area contributed by atoms with Crippen molar-refractivity contribution in [2.45, 2.75) is 19.3 Å². The summed E-state index contributed by atoms with van der Waals surface area (Å²) in [5.41, 5.74) is 3.12. The highest BCUT2D eigenvalue weighted by atomic mass is 16.4. The summed E-state index contributed by atoms with van der Waals surface area (Å²) in [6.45, 7) is 0. The van der Waals surface area contributed by atoms with Crippen LogP contribution in [0.2, 0.25) is 0 Å². The molecule has 0 aliphatic heterocycles. The lowest BCUT2D eigenvalue weighted by molar-refractivity contribution is -0.137. The van der Waals surface area contributed by atoms with Crippen LogP contribution in [0.1, 0.15) is 18.4 Å². The first-order valence-electron chi connectivity index (χ1n) is 6.31. The molecule has 0 saturated carbocycles. The zero-order valence-electron chi connectivity index (χ0n) is 10.4. The van der Waals surface area contributed by atoms with Crippen molar-refractivity contribution in [2.75, 3.05) is 0 Å². The van der Waals surface area contributed by atoms with Gasteiger partial charge in [0.05, 0.1) is 0 Å². The molecule has 96 valence electrons. The molecule has 3 aromatic rings. The van der Waals surface area contributed by atoms with E-state index in [1.54, 1.807) is 6.20 Å². The standard InChI is InChI=1S/C15H14N2O2/c18-14(19)5-1-3-10-6-7-13-12(9-10)11-4-2-8-16-15(11)17-13/h2,4,6-9H,1,3,5H2,(H,16,17)(H,18,19). The van der Waals surface area contributed by atoms with Crippen molar-refractivity contribution < 1.29 is 9.90 Å². The van der Waals surface area contributed by atoms with Crippen LogP contribution in [0, 0.1) is 0 Å². The maximum absolute atomic E-state index is 10.5. The van der Waals surface area contributed by atoms with Crippen LogP contribution >= 0.6 is 0 Å². The number of pyridine rings is 1. The first-order chi connectivity index (χ1) is 9.24. The van der Waals surface area contributed by atoms with Gasteiger partial charge in [-0.15, -0.1) is 0 Å². The van der Waals surface area contributed by atoms with Crippen LogP contribution in [0.25, 0.3) is 21.9 Å². The van der Waals surface area contributed by atoms with E-state index in [2.05, 4.69) is 16.0 Å². The molecule has 0 unspecified atom stereocenters. The van der Waals surface area contributed by atoms with Gasteiger partial charge in [-0.3, -0.25) is 4.79 Å². The van der Waals surface area contributed by atoms with E-state index in [1.165, 1.54) is 5.56 Å². The minimum atomic E-state index is -0.739. The lowest BCUT2D eigenvalue weighted by atomic mass is 10.1. The molecule has 3 rings (SSSR count). The molecular weight excluding hydrogens is 240 g/mol. The van der Waals surface area contributed by atoms with Gasteiger partial charge >= 0.3 is 5.97 Å². The van der Waals surface area contributed by atoms with Crippen molar-refractivity contribution in [1.82, 2.24) is 9.97 Å². The maximum Gasteiger partial charge on any atom is 0.303 e. The van der Waals surface area contributed by atoms with E-state index in [1.807, 2.05) is 24.3 Å². The molecule has 0 bridgehead atoms. The Bertz CT molecular complexity index is 746. The third kappa shape index (κ3) is 2.29. The van der Waals surface area contributed by atoms with Gasteiger partial charge in [0, 0.05) is 28.9 Å². The molecule has 0 saturated heterocycles. The molecule has 4 nitrogen and oxygen atoms in total. The number of carbonyl (C=O) groups is 1. The summed E-state index contributed by atoms with van der Waals surface area (Å²) >= 11 is 0. The largest absolute Gasteiger partial charge is 0.481 e. The summed E-state index contributed by atoms with van der Waals surface area (Å²) in [4.78, 5) is 18.1. The van der Waals surface area contributed by atoms with Crippen LogP contribution in [-0.4, -0.2) is 21.0 Å². The summed E-state index contributed by atoms with van der Waals surface area (Å²) in [6, 6.07) is 10.2. The minimum absolute atomic E-state index is 0.216. The van der Waals surface area contributed by atoms with Gasteiger partial charge in [-0.25, -0.2) is 4.98 Å². The van der Waals surface area contributed by atoms with E-state index in [0.717, 1.165) is 28.4 Å². The fourth-order valence-corrected chi connectivity index (χ4v) is 2.37. The highest BCUT2D eigenvalue weighted by Gasteiger charge is 2.05. The number of hydrogen-bond acceptors (Lipinski definition) is 2. The molecule has 4 heteroatoms. The van der Waals surface area contributed by atoms with Crippen LogP contribution < -0.4 is 0 Å². The minimum Gasteiger partial charge on any atom is -0.481 e. The van der Waals surface area contributed by atoms with Crippen molar-refractivity contribution in [2.24, 2.45) is 0 Å². The normalized spacial score (nSPS) is 11.2. The van der Waals surface area contributed by atoms with Crippen molar-refractivity contribution in [3.63, 3.8) is 0 Å². The van der Waals surface area contributed by atoms with Gasteiger partial charge in [-0.05, 0) is 42.7 Å². The van der Waals surface area contributed by atoms with Gasteiger partial charge in [-0.1, -0.05) is 6.07 Å². The highest BCUT2D eigenvalue weighted by molar-refractivity contribution is 6.05. The van der Waals surface area contributed by atoms with Gasteiger partial charge in [0.25, 0.3) is 0 Å². The van der Waals surface area contributed by atoms with Crippen molar-refractivity contribution >= 4 is 27.9 Å². The third-order valence-corrected chi connectivity index (χ3v) is 3.29. The van der Waals surface area contributed by atoms with E-state index < -0.39 is 5.97 Å². The first-order valence-corrected chi connectivity index (χ1v) is 6.31. The van der Waals surface area contributed by atoms with E-state index >= 15 is 0 Å². The predicted molar refractivity (Wildman–Crippen MR) is 74.2 cm³/mol. The number of hydrogen-bond donors (Lipinski definition) is 2. The Balaban J connectivity index is 1.95. The molecule has 0 aliphatic carbocycles. The van der Waals surface area contributed by atoms with Gasteiger partial charge in [0.2, 0.25) is 0 Å². The number of nitrogens with zero attached hydrogens (tertiary/aromatic N) is 1. The fraction of sp³-hybridized carbons (Fsp3) is 0.200. The van der Waals surface area contributed by atoms with Crippen LogP contribution in [0.15, 0.2) is 36.5 Å².